The third-order valence-corrected chi connectivity index (χ3v) is 6.35. The molecule has 0 unspecified atom stereocenters. The number of carbonyl (C=O) groups is 1. The maximum atomic E-state index is 12.6. The first-order valence-corrected chi connectivity index (χ1v) is 11.2. The number of nitrogens with one attached hydrogen (secondary N) is 2. The van der Waals surface area contributed by atoms with Crippen molar-refractivity contribution in [3.05, 3.63) is 76.6 Å². The molecule has 0 bridgehead atoms. The van der Waals surface area contributed by atoms with Crippen LogP contribution in [-0.4, -0.2) is 20.9 Å². The lowest BCUT2D eigenvalue weighted by molar-refractivity contribution is 0.102. The molecule has 5 rings (SSSR count). The van der Waals surface area contributed by atoms with E-state index in [2.05, 4.69) is 39.4 Å². The van der Waals surface area contributed by atoms with Crippen LogP contribution in [0.3, 0.4) is 0 Å². The lowest BCUT2D eigenvalue weighted by Crippen LogP contribution is -2.13. The van der Waals surface area contributed by atoms with E-state index in [-0.39, 0.29) is 11.9 Å². The molecule has 3 heterocycles. The summed E-state index contributed by atoms with van der Waals surface area (Å²) < 4.78 is 0. The Morgan fingerprint density at radius 3 is 2.77 bits per heavy atom. The van der Waals surface area contributed by atoms with Crippen molar-refractivity contribution in [2.45, 2.75) is 38.6 Å². The summed E-state index contributed by atoms with van der Waals surface area (Å²) in [6, 6.07) is 13.7. The van der Waals surface area contributed by atoms with Gasteiger partial charge in [-0.15, -0.1) is 11.3 Å². The highest BCUT2D eigenvalue weighted by Crippen LogP contribution is 2.38. The van der Waals surface area contributed by atoms with Gasteiger partial charge in [0.15, 0.2) is 0 Å². The van der Waals surface area contributed by atoms with Gasteiger partial charge in [-0.2, -0.15) is 0 Å². The third-order valence-electron chi connectivity index (χ3n) is 5.42. The number of rotatable bonds is 6. The fourth-order valence-corrected chi connectivity index (χ4v) is 4.39. The lowest BCUT2D eigenvalue weighted by Gasteiger charge is -2.16. The zero-order valence-electron chi connectivity index (χ0n) is 17.4. The van der Waals surface area contributed by atoms with Gasteiger partial charge in [-0.25, -0.2) is 9.97 Å². The highest BCUT2D eigenvalue weighted by atomic mass is 32.1. The third kappa shape index (κ3) is 4.41. The lowest BCUT2D eigenvalue weighted by atomic mass is 10.1. The molecule has 0 saturated heterocycles. The monoisotopic (exact) mass is 429 g/mol. The van der Waals surface area contributed by atoms with Crippen molar-refractivity contribution >= 4 is 39.1 Å². The van der Waals surface area contributed by atoms with Crippen molar-refractivity contribution in [3.8, 4) is 0 Å². The molecular formula is C24H23N5OS. The van der Waals surface area contributed by atoms with Crippen molar-refractivity contribution in [1.82, 2.24) is 15.0 Å². The number of pyridine rings is 1. The van der Waals surface area contributed by atoms with E-state index in [1.54, 1.807) is 23.7 Å². The van der Waals surface area contributed by atoms with Gasteiger partial charge in [-0.1, -0.05) is 12.1 Å². The van der Waals surface area contributed by atoms with Crippen LogP contribution in [0.2, 0.25) is 0 Å². The number of carbonyl (C=O) groups excluding carboxylic acids is 1. The molecule has 2 N–H and O–H groups in total. The van der Waals surface area contributed by atoms with E-state index in [0.29, 0.717) is 11.5 Å². The molecule has 0 aliphatic heterocycles. The summed E-state index contributed by atoms with van der Waals surface area (Å²) in [5, 5.41) is 6.38. The number of anilines is 2. The number of benzene rings is 1. The van der Waals surface area contributed by atoms with Gasteiger partial charge in [0, 0.05) is 28.4 Å². The van der Waals surface area contributed by atoms with Crippen molar-refractivity contribution in [3.63, 3.8) is 0 Å². The Labute approximate surface area is 184 Å². The first-order valence-electron chi connectivity index (χ1n) is 10.4. The van der Waals surface area contributed by atoms with Gasteiger partial charge in [0.1, 0.15) is 16.2 Å². The molecule has 0 radical (unpaired) electrons. The van der Waals surface area contributed by atoms with Gasteiger partial charge in [0.25, 0.3) is 5.91 Å². The van der Waals surface area contributed by atoms with Gasteiger partial charge in [-0.3, -0.25) is 9.78 Å². The summed E-state index contributed by atoms with van der Waals surface area (Å²) in [7, 11) is 0. The van der Waals surface area contributed by atoms with Gasteiger partial charge < -0.3 is 10.6 Å². The van der Waals surface area contributed by atoms with Crippen LogP contribution in [0.4, 0.5) is 11.5 Å². The largest absolute Gasteiger partial charge is 0.362 e. The Hall–Kier alpha value is -3.32. The SMILES string of the molecule is Cc1cc2ncc(N[C@@H](C)c3cccc(NC(=O)c4ccc(C5CC5)nc4)c3)nc2s1. The van der Waals surface area contributed by atoms with Crippen molar-refractivity contribution in [1.29, 1.82) is 0 Å². The number of fused-ring (bicyclic) bond motifs is 1. The van der Waals surface area contributed by atoms with Crippen LogP contribution in [0.1, 0.15) is 58.2 Å². The number of hydrogen-bond donors (Lipinski definition) is 2. The Morgan fingerprint density at radius 2 is 2.00 bits per heavy atom. The molecule has 0 spiro atoms. The number of nitrogens with zero attached hydrogens (tertiary/aromatic N) is 3. The van der Waals surface area contributed by atoms with Crippen molar-refractivity contribution < 1.29 is 4.79 Å². The Balaban J connectivity index is 1.27. The van der Waals surface area contributed by atoms with Crippen LogP contribution in [0, 0.1) is 6.92 Å². The first kappa shape index (κ1) is 19.6. The molecule has 1 atom stereocenters. The molecule has 1 amide bonds. The normalized spacial score (nSPS) is 14.4. The molecule has 4 aromatic rings. The Kier molecular flexibility index (Phi) is 5.11. The van der Waals surface area contributed by atoms with Gasteiger partial charge >= 0.3 is 0 Å². The molecule has 3 aromatic heterocycles. The van der Waals surface area contributed by atoms with E-state index < -0.39 is 0 Å². The number of thiophene rings is 1. The van der Waals surface area contributed by atoms with Crippen LogP contribution in [0.5, 0.6) is 0 Å². The van der Waals surface area contributed by atoms with Crippen molar-refractivity contribution in [2.24, 2.45) is 0 Å². The fraction of sp³-hybridized carbons (Fsp3) is 0.250. The van der Waals surface area contributed by atoms with Gasteiger partial charge in [0.2, 0.25) is 0 Å². The molecule has 7 heteroatoms. The summed E-state index contributed by atoms with van der Waals surface area (Å²) in [5.41, 5.74) is 4.36. The second-order valence-corrected chi connectivity index (χ2v) is 9.23. The van der Waals surface area contributed by atoms with Crippen molar-refractivity contribution in [2.75, 3.05) is 10.6 Å². The minimum Gasteiger partial charge on any atom is -0.362 e. The maximum absolute atomic E-state index is 12.6. The fourth-order valence-electron chi connectivity index (χ4n) is 3.55. The summed E-state index contributed by atoms with van der Waals surface area (Å²) >= 11 is 1.64. The number of aryl methyl sites for hydroxylation is 1. The summed E-state index contributed by atoms with van der Waals surface area (Å²) in [6.07, 6.45) is 5.82. The maximum Gasteiger partial charge on any atom is 0.257 e. The average Bonchev–Trinajstić information content (AvgIpc) is 3.55. The average molecular weight is 430 g/mol. The molecule has 1 saturated carbocycles. The van der Waals surface area contributed by atoms with E-state index in [1.165, 1.54) is 17.7 Å². The molecule has 6 nitrogen and oxygen atoms in total. The topological polar surface area (TPSA) is 79.8 Å². The Morgan fingerprint density at radius 1 is 1.13 bits per heavy atom. The summed E-state index contributed by atoms with van der Waals surface area (Å²) in [5.74, 6) is 1.16. The smallest absolute Gasteiger partial charge is 0.257 e. The predicted octanol–water partition coefficient (Wildman–Crippen LogP) is 5.70. The van der Waals surface area contributed by atoms with Crippen LogP contribution in [0.25, 0.3) is 10.3 Å². The minimum atomic E-state index is -0.156. The summed E-state index contributed by atoms with van der Waals surface area (Å²) in [4.78, 5) is 28.3. The van der Waals surface area contributed by atoms with Crippen LogP contribution >= 0.6 is 11.3 Å². The number of aromatic nitrogens is 3. The molecule has 1 aliphatic carbocycles. The molecule has 31 heavy (non-hydrogen) atoms. The van der Waals surface area contributed by atoms with E-state index in [1.807, 2.05) is 42.5 Å². The van der Waals surface area contributed by atoms with E-state index in [0.717, 1.165) is 33.1 Å². The highest BCUT2D eigenvalue weighted by Gasteiger charge is 2.24. The first-order chi connectivity index (χ1) is 15.0. The second-order valence-electron chi connectivity index (χ2n) is 7.99. The molecular weight excluding hydrogens is 406 g/mol. The quantitative estimate of drug-likeness (QED) is 0.411. The van der Waals surface area contributed by atoms with Gasteiger partial charge in [-0.05, 0) is 62.6 Å². The highest BCUT2D eigenvalue weighted by molar-refractivity contribution is 7.18. The summed E-state index contributed by atoms with van der Waals surface area (Å²) in [6.45, 7) is 4.12. The van der Waals surface area contributed by atoms with E-state index in [4.69, 9.17) is 0 Å². The molecule has 1 aliphatic rings. The minimum absolute atomic E-state index is 0.00385. The van der Waals surface area contributed by atoms with Crippen LogP contribution in [0.15, 0.2) is 54.9 Å². The number of amides is 1. The van der Waals surface area contributed by atoms with E-state index >= 15 is 0 Å². The molecule has 1 aromatic carbocycles. The molecule has 1 fully saturated rings. The number of hydrogen-bond acceptors (Lipinski definition) is 6. The second kappa shape index (κ2) is 8.07. The van der Waals surface area contributed by atoms with Crippen LogP contribution < -0.4 is 10.6 Å². The zero-order chi connectivity index (χ0) is 21.4. The molecule has 156 valence electrons. The van der Waals surface area contributed by atoms with E-state index in [9.17, 15) is 4.79 Å². The predicted molar refractivity (Wildman–Crippen MR) is 125 cm³/mol. The van der Waals surface area contributed by atoms with Crippen LogP contribution in [-0.2, 0) is 0 Å². The zero-order valence-corrected chi connectivity index (χ0v) is 18.2. The Bertz CT molecular complexity index is 1250. The standard InChI is InChI=1S/C24H23N5OS/c1-14-10-21-24(31-14)29-22(13-26-21)27-15(2)17-4-3-5-19(11-17)28-23(30)18-8-9-20(25-12-18)16-6-7-16/h3-5,8-13,15-16H,6-7H2,1-2H3,(H,27,29)(H,28,30)/t15-/m0/s1. The van der Waals surface area contributed by atoms with Gasteiger partial charge in [0.05, 0.1) is 17.8 Å².